The molecule has 4 rings (SSSR count). The Labute approximate surface area is 231 Å². The Morgan fingerprint density at radius 1 is 1.11 bits per heavy atom. The maximum absolute atomic E-state index is 13.1. The van der Waals surface area contributed by atoms with Crippen molar-refractivity contribution in [2.75, 3.05) is 6.26 Å². The lowest BCUT2D eigenvalue weighted by atomic mass is 10.0. The number of aromatic nitrogens is 1. The second-order valence-corrected chi connectivity index (χ2v) is 11.8. The summed E-state index contributed by atoms with van der Waals surface area (Å²) in [5, 5.41) is 22.2. The number of benzene rings is 3. The summed E-state index contributed by atoms with van der Waals surface area (Å²) in [5.74, 6) is 3.74. The summed E-state index contributed by atoms with van der Waals surface area (Å²) in [6, 6.07) is 12.3. The van der Waals surface area contributed by atoms with E-state index in [0.717, 1.165) is 17.8 Å². The molecule has 1 aromatic heterocycles. The van der Waals surface area contributed by atoms with E-state index < -0.39 is 27.8 Å². The van der Waals surface area contributed by atoms with Crippen LogP contribution in [0.4, 0.5) is 0 Å². The first-order valence-corrected chi connectivity index (χ1v) is 14.3. The molecular formula is C26H18Cl2N2O6S2. The highest BCUT2D eigenvalue weighted by molar-refractivity contribution is 7.90. The van der Waals surface area contributed by atoms with Gasteiger partial charge in [-0.05, 0) is 59.4 Å². The molecule has 1 heterocycles. The van der Waals surface area contributed by atoms with Crippen LogP contribution in [0.1, 0.15) is 27.2 Å². The van der Waals surface area contributed by atoms with Gasteiger partial charge in [0.25, 0.3) is 5.91 Å². The normalized spacial score (nSPS) is 12.0. The maximum Gasteiger partial charge on any atom is 0.326 e. The molecule has 4 aromatic rings. The lowest BCUT2D eigenvalue weighted by Gasteiger charge is -2.16. The first-order valence-electron chi connectivity index (χ1n) is 10.8. The van der Waals surface area contributed by atoms with Gasteiger partial charge in [-0.3, -0.25) is 4.79 Å². The molecule has 0 aliphatic carbocycles. The van der Waals surface area contributed by atoms with E-state index in [0.29, 0.717) is 26.9 Å². The van der Waals surface area contributed by atoms with Crippen LogP contribution < -0.4 is 5.32 Å². The third-order valence-corrected chi connectivity index (χ3v) is 8.20. The number of hydrogen-bond acceptors (Lipinski definition) is 7. The monoisotopic (exact) mass is 588 g/mol. The van der Waals surface area contributed by atoms with Gasteiger partial charge in [0, 0.05) is 23.6 Å². The number of phenols is 1. The van der Waals surface area contributed by atoms with Crippen LogP contribution in [0.2, 0.25) is 10.0 Å². The molecule has 0 fully saturated rings. The van der Waals surface area contributed by atoms with Gasteiger partial charge in [-0.1, -0.05) is 47.3 Å². The number of aromatic hydroxyl groups is 1. The highest BCUT2D eigenvalue weighted by Crippen LogP contribution is 2.37. The summed E-state index contributed by atoms with van der Waals surface area (Å²) in [7, 11) is -3.49. The summed E-state index contributed by atoms with van der Waals surface area (Å²) in [6.07, 6.45) is 0.878. The molecule has 0 aliphatic heterocycles. The van der Waals surface area contributed by atoms with Crippen molar-refractivity contribution in [2.45, 2.75) is 17.4 Å². The van der Waals surface area contributed by atoms with E-state index in [1.807, 2.05) is 0 Å². The fraction of sp³-hybridized carbons (Fsp3) is 0.115. The standard InChI is InChI=1S/C26H18Cl2N2O6S2/c1-38(35,36)17-7-3-5-15(11-17)12-21(26(33)34)29-25(32)22-19(27)13-18-20(30-37-24(18)23(22)28)9-8-14-4-2-6-16(31)10-14/h2-7,10-11,13,21,31H,12H2,1H3,(H,29,32)(H,33,34). The summed E-state index contributed by atoms with van der Waals surface area (Å²) >= 11 is 13.9. The number of fused-ring (bicyclic) bond motifs is 1. The largest absolute Gasteiger partial charge is 0.508 e. The molecule has 38 heavy (non-hydrogen) atoms. The molecular weight excluding hydrogens is 571 g/mol. The SMILES string of the molecule is CS(=O)(=O)c1cccc(CC(NC(=O)c2c(Cl)cc3c(C#Cc4cccc(O)c4)nsc3c2Cl)C(=O)O)c1. The number of sulfone groups is 1. The van der Waals surface area contributed by atoms with Crippen LogP contribution in [0.5, 0.6) is 5.75 Å². The van der Waals surface area contributed by atoms with Crippen LogP contribution in [-0.4, -0.2) is 47.2 Å². The van der Waals surface area contributed by atoms with Gasteiger partial charge in [0.1, 0.15) is 17.5 Å². The van der Waals surface area contributed by atoms with E-state index >= 15 is 0 Å². The molecule has 0 radical (unpaired) electrons. The molecule has 1 unspecified atom stereocenters. The van der Waals surface area contributed by atoms with Crippen molar-refractivity contribution in [2.24, 2.45) is 0 Å². The summed E-state index contributed by atoms with van der Waals surface area (Å²) in [5.41, 5.74) is 1.23. The third-order valence-electron chi connectivity index (χ3n) is 5.42. The van der Waals surface area contributed by atoms with E-state index in [2.05, 4.69) is 21.5 Å². The van der Waals surface area contributed by atoms with Gasteiger partial charge in [-0.25, -0.2) is 13.2 Å². The fourth-order valence-electron chi connectivity index (χ4n) is 3.59. The second kappa shape index (κ2) is 11.0. The van der Waals surface area contributed by atoms with Crippen LogP contribution in [0, 0.1) is 11.8 Å². The van der Waals surface area contributed by atoms with Crippen LogP contribution in [0.15, 0.2) is 59.5 Å². The van der Waals surface area contributed by atoms with Gasteiger partial charge < -0.3 is 15.5 Å². The highest BCUT2D eigenvalue weighted by atomic mass is 35.5. The lowest BCUT2D eigenvalue weighted by Crippen LogP contribution is -2.42. The molecule has 0 saturated heterocycles. The number of carboxylic acids is 1. The van der Waals surface area contributed by atoms with Crippen LogP contribution >= 0.6 is 34.7 Å². The number of aliphatic carboxylic acids is 1. The first kappa shape index (κ1) is 27.4. The summed E-state index contributed by atoms with van der Waals surface area (Å²) in [4.78, 5) is 25.1. The number of nitrogens with zero attached hydrogens (tertiary/aromatic N) is 1. The molecule has 3 aromatic carbocycles. The molecule has 0 spiro atoms. The minimum Gasteiger partial charge on any atom is -0.508 e. The van der Waals surface area contributed by atoms with Crippen molar-refractivity contribution in [1.82, 2.24) is 9.69 Å². The van der Waals surface area contributed by atoms with Crippen LogP contribution in [0.25, 0.3) is 10.1 Å². The van der Waals surface area contributed by atoms with Crippen molar-refractivity contribution in [3.63, 3.8) is 0 Å². The predicted octanol–water partition coefficient (Wildman–Crippen LogP) is 4.54. The van der Waals surface area contributed by atoms with Gasteiger partial charge in [0.05, 0.1) is 25.2 Å². The Balaban J connectivity index is 1.62. The smallest absolute Gasteiger partial charge is 0.326 e. The zero-order valence-corrected chi connectivity index (χ0v) is 22.7. The zero-order valence-electron chi connectivity index (χ0n) is 19.5. The van der Waals surface area contributed by atoms with Crippen molar-refractivity contribution in [3.05, 3.63) is 87.0 Å². The molecule has 12 heteroatoms. The predicted molar refractivity (Wildman–Crippen MR) is 146 cm³/mol. The highest BCUT2D eigenvalue weighted by Gasteiger charge is 2.26. The Bertz CT molecular complexity index is 1760. The van der Waals surface area contributed by atoms with E-state index in [9.17, 15) is 28.2 Å². The molecule has 0 aliphatic rings. The molecule has 3 N–H and O–H groups in total. The zero-order chi connectivity index (χ0) is 27.6. The van der Waals surface area contributed by atoms with E-state index in [-0.39, 0.29) is 32.7 Å². The van der Waals surface area contributed by atoms with E-state index in [1.165, 1.54) is 36.4 Å². The number of hydrogen-bond donors (Lipinski definition) is 3. The molecule has 0 saturated carbocycles. The number of halogens is 2. The Hall–Kier alpha value is -3.62. The topological polar surface area (TPSA) is 134 Å². The average molecular weight is 589 g/mol. The minimum atomic E-state index is -3.49. The second-order valence-electron chi connectivity index (χ2n) is 8.24. The van der Waals surface area contributed by atoms with Crippen molar-refractivity contribution in [3.8, 4) is 17.6 Å². The molecule has 194 valence electrons. The molecule has 1 atom stereocenters. The van der Waals surface area contributed by atoms with Crippen molar-refractivity contribution < 1.29 is 28.2 Å². The number of amides is 1. The third kappa shape index (κ3) is 6.09. The maximum atomic E-state index is 13.1. The van der Waals surface area contributed by atoms with E-state index in [1.54, 1.807) is 18.2 Å². The number of carbonyl (C=O) groups is 2. The van der Waals surface area contributed by atoms with Gasteiger partial charge in [-0.2, -0.15) is 4.37 Å². The first-order chi connectivity index (χ1) is 17.9. The Morgan fingerprint density at radius 2 is 1.84 bits per heavy atom. The van der Waals surface area contributed by atoms with Gasteiger partial charge in [0.2, 0.25) is 0 Å². The quantitative estimate of drug-likeness (QED) is 0.281. The average Bonchev–Trinajstić information content (AvgIpc) is 3.25. The van der Waals surface area contributed by atoms with E-state index in [4.69, 9.17) is 23.2 Å². The number of nitrogens with one attached hydrogen (secondary N) is 1. The summed E-state index contributed by atoms with van der Waals surface area (Å²) < 4.78 is 28.4. The molecule has 1 amide bonds. The number of carbonyl (C=O) groups excluding carboxylic acids is 1. The van der Waals surface area contributed by atoms with Crippen LogP contribution in [-0.2, 0) is 21.1 Å². The summed E-state index contributed by atoms with van der Waals surface area (Å²) in [6.45, 7) is 0. The number of carboxylic acid groups (broad SMARTS) is 1. The Morgan fingerprint density at radius 3 is 2.53 bits per heavy atom. The van der Waals surface area contributed by atoms with Gasteiger partial charge >= 0.3 is 5.97 Å². The van der Waals surface area contributed by atoms with Crippen LogP contribution in [0.3, 0.4) is 0 Å². The number of phenolic OH excluding ortho intramolecular Hbond substituents is 1. The fourth-order valence-corrected chi connectivity index (χ4v) is 5.77. The lowest BCUT2D eigenvalue weighted by molar-refractivity contribution is -0.139. The number of rotatable bonds is 6. The molecule has 8 nitrogen and oxygen atoms in total. The van der Waals surface area contributed by atoms with Gasteiger partial charge in [0.15, 0.2) is 9.84 Å². The molecule has 0 bridgehead atoms. The minimum absolute atomic E-state index is 0.00359. The van der Waals surface area contributed by atoms with Gasteiger partial charge in [-0.15, -0.1) is 0 Å². The van der Waals surface area contributed by atoms with Crippen molar-refractivity contribution in [1.29, 1.82) is 0 Å². The Kier molecular flexibility index (Phi) is 7.94. The van der Waals surface area contributed by atoms with Crippen molar-refractivity contribution >= 4 is 66.5 Å².